The maximum absolute atomic E-state index is 12.7. The van der Waals surface area contributed by atoms with E-state index in [4.69, 9.17) is 4.74 Å². The summed E-state index contributed by atoms with van der Waals surface area (Å²) in [5.74, 6) is -0.149. The molecule has 2 heterocycles. The van der Waals surface area contributed by atoms with Crippen molar-refractivity contribution in [3.63, 3.8) is 0 Å². The standard InChI is InChI=1S/C21H24N4O2/c1-14-5-10-18(15(2)23-14)16-6-8-17(9-7-16)21(26)24-19(13-27-4)20-11-12-22-25(20)3/h5-12,19H,13H2,1-4H3,(H,24,26). The van der Waals surface area contributed by atoms with Gasteiger partial charge in [-0.1, -0.05) is 18.2 Å². The number of aryl methyl sites for hydroxylation is 3. The van der Waals surface area contributed by atoms with Crippen molar-refractivity contribution in [2.75, 3.05) is 13.7 Å². The van der Waals surface area contributed by atoms with E-state index in [1.165, 1.54) is 0 Å². The minimum absolute atomic E-state index is 0.149. The highest BCUT2D eigenvalue weighted by Gasteiger charge is 2.18. The van der Waals surface area contributed by atoms with Crippen LogP contribution in [0.15, 0.2) is 48.7 Å². The van der Waals surface area contributed by atoms with E-state index in [1.54, 1.807) is 18.0 Å². The number of methoxy groups -OCH3 is 1. The smallest absolute Gasteiger partial charge is 0.251 e. The molecule has 2 aromatic heterocycles. The Morgan fingerprint density at radius 3 is 2.48 bits per heavy atom. The van der Waals surface area contributed by atoms with Crippen LogP contribution in [0.25, 0.3) is 11.1 Å². The highest BCUT2D eigenvalue weighted by Crippen LogP contribution is 2.23. The van der Waals surface area contributed by atoms with Gasteiger partial charge in [-0.05, 0) is 43.7 Å². The van der Waals surface area contributed by atoms with Crippen LogP contribution in [0, 0.1) is 13.8 Å². The number of hydrogen-bond donors (Lipinski definition) is 1. The number of nitrogens with zero attached hydrogens (tertiary/aromatic N) is 3. The van der Waals surface area contributed by atoms with Gasteiger partial charge in [0.1, 0.15) is 0 Å². The van der Waals surface area contributed by atoms with Gasteiger partial charge in [-0.15, -0.1) is 0 Å². The highest BCUT2D eigenvalue weighted by molar-refractivity contribution is 5.95. The van der Waals surface area contributed by atoms with Gasteiger partial charge in [0.25, 0.3) is 5.91 Å². The van der Waals surface area contributed by atoms with Gasteiger partial charge in [0.15, 0.2) is 0 Å². The zero-order valence-corrected chi connectivity index (χ0v) is 16.1. The summed E-state index contributed by atoms with van der Waals surface area (Å²) in [7, 11) is 3.46. The van der Waals surface area contributed by atoms with Crippen LogP contribution in [-0.4, -0.2) is 34.4 Å². The quantitative estimate of drug-likeness (QED) is 0.729. The number of amides is 1. The number of benzene rings is 1. The monoisotopic (exact) mass is 364 g/mol. The van der Waals surface area contributed by atoms with E-state index in [2.05, 4.69) is 21.5 Å². The fourth-order valence-corrected chi connectivity index (χ4v) is 3.13. The Kier molecular flexibility index (Phi) is 5.66. The van der Waals surface area contributed by atoms with Crippen molar-refractivity contribution in [3.05, 3.63) is 71.3 Å². The van der Waals surface area contributed by atoms with E-state index in [0.717, 1.165) is 28.2 Å². The van der Waals surface area contributed by atoms with Crippen LogP contribution in [0.4, 0.5) is 0 Å². The fraction of sp³-hybridized carbons (Fsp3) is 0.286. The molecule has 0 bridgehead atoms. The van der Waals surface area contributed by atoms with Gasteiger partial charge in [-0.25, -0.2) is 0 Å². The average Bonchev–Trinajstić information content (AvgIpc) is 3.07. The van der Waals surface area contributed by atoms with Gasteiger partial charge >= 0.3 is 0 Å². The predicted octanol–water partition coefficient (Wildman–Crippen LogP) is 3.22. The summed E-state index contributed by atoms with van der Waals surface area (Å²) >= 11 is 0. The second kappa shape index (κ2) is 8.14. The first-order chi connectivity index (χ1) is 13.0. The maximum Gasteiger partial charge on any atom is 0.251 e. The number of carbonyl (C=O) groups excluding carboxylic acids is 1. The van der Waals surface area contributed by atoms with Crippen molar-refractivity contribution < 1.29 is 9.53 Å². The maximum atomic E-state index is 12.7. The fourth-order valence-electron chi connectivity index (χ4n) is 3.13. The number of aromatic nitrogens is 3. The lowest BCUT2D eigenvalue weighted by molar-refractivity contribution is 0.0892. The van der Waals surface area contributed by atoms with Crippen molar-refractivity contribution in [2.45, 2.75) is 19.9 Å². The average molecular weight is 364 g/mol. The molecule has 0 fully saturated rings. The molecule has 1 atom stereocenters. The number of hydrogen-bond acceptors (Lipinski definition) is 4. The van der Waals surface area contributed by atoms with Crippen molar-refractivity contribution in [2.24, 2.45) is 7.05 Å². The van der Waals surface area contributed by atoms with Gasteiger partial charge in [0, 0.05) is 42.9 Å². The van der Waals surface area contributed by atoms with Crippen molar-refractivity contribution >= 4 is 5.91 Å². The van der Waals surface area contributed by atoms with Crippen LogP contribution in [0.3, 0.4) is 0 Å². The molecule has 6 nitrogen and oxygen atoms in total. The molecule has 1 aromatic carbocycles. The normalized spacial score (nSPS) is 12.0. The third-order valence-electron chi connectivity index (χ3n) is 4.54. The lowest BCUT2D eigenvalue weighted by atomic mass is 10.0. The Balaban J connectivity index is 1.78. The molecule has 0 aliphatic carbocycles. The highest BCUT2D eigenvalue weighted by atomic mass is 16.5. The summed E-state index contributed by atoms with van der Waals surface area (Å²) in [5, 5.41) is 7.18. The summed E-state index contributed by atoms with van der Waals surface area (Å²) in [6.07, 6.45) is 1.71. The summed E-state index contributed by atoms with van der Waals surface area (Å²) in [6, 6.07) is 13.2. The molecule has 3 aromatic rings. The zero-order chi connectivity index (χ0) is 19.4. The van der Waals surface area contributed by atoms with Gasteiger partial charge in [0.2, 0.25) is 0 Å². The molecule has 0 radical (unpaired) electrons. The molecule has 0 saturated heterocycles. The number of ether oxygens (including phenoxy) is 1. The summed E-state index contributed by atoms with van der Waals surface area (Å²) in [6.45, 7) is 4.34. The molecular weight excluding hydrogens is 340 g/mol. The predicted molar refractivity (Wildman–Crippen MR) is 104 cm³/mol. The van der Waals surface area contributed by atoms with Gasteiger partial charge in [0.05, 0.1) is 18.3 Å². The van der Waals surface area contributed by atoms with Crippen LogP contribution >= 0.6 is 0 Å². The lowest BCUT2D eigenvalue weighted by Crippen LogP contribution is -2.32. The Bertz CT molecular complexity index is 932. The Morgan fingerprint density at radius 2 is 1.89 bits per heavy atom. The Morgan fingerprint density at radius 1 is 1.15 bits per heavy atom. The van der Waals surface area contributed by atoms with Gasteiger partial charge in [-0.3, -0.25) is 14.5 Å². The van der Waals surface area contributed by atoms with E-state index in [-0.39, 0.29) is 11.9 Å². The zero-order valence-electron chi connectivity index (χ0n) is 16.1. The molecule has 1 amide bonds. The van der Waals surface area contributed by atoms with Crippen molar-refractivity contribution in [3.8, 4) is 11.1 Å². The van der Waals surface area contributed by atoms with Gasteiger partial charge in [-0.2, -0.15) is 5.10 Å². The van der Waals surface area contributed by atoms with E-state index < -0.39 is 0 Å². The number of nitrogens with one attached hydrogen (secondary N) is 1. The molecule has 0 aliphatic heterocycles. The number of pyridine rings is 1. The Labute approximate surface area is 159 Å². The van der Waals surface area contributed by atoms with Crippen LogP contribution in [0.5, 0.6) is 0 Å². The van der Waals surface area contributed by atoms with E-state index in [9.17, 15) is 4.79 Å². The SMILES string of the molecule is COCC(NC(=O)c1ccc(-c2ccc(C)nc2C)cc1)c1ccnn1C. The summed E-state index contributed by atoms with van der Waals surface area (Å²) < 4.78 is 6.99. The van der Waals surface area contributed by atoms with Crippen molar-refractivity contribution in [1.29, 1.82) is 0 Å². The lowest BCUT2D eigenvalue weighted by Gasteiger charge is -2.18. The molecule has 1 N–H and O–H groups in total. The Hall–Kier alpha value is -2.99. The van der Waals surface area contributed by atoms with Gasteiger partial charge < -0.3 is 10.1 Å². The second-order valence-electron chi connectivity index (χ2n) is 6.52. The molecule has 140 valence electrons. The number of carbonyl (C=O) groups is 1. The summed E-state index contributed by atoms with van der Waals surface area (Å²) in [4.78, 5) is 17.2. The molecule has 6 heteroatoms. The summed E-state index contributed by atoms with van der Waals surface area (Å²) in [5.41, 5.74) is 5.56. The largest absolute Gasteiger partial charge is 0.382 e. The molecular formula is C21H24N4O2. The van der Waals surface area contributed by atoms with Crippen LogP contribution in [-0.2, 0) is 11.8 Å². The third-order valence-corrected chi connectivity index (χ3v) is 4.54. The first-order valence-electron chi connectivity index (χ1n) is 8.82. The van der Waals surface area contributed by atoms with E-state index in [1.807, 2.05) is 57.3 Å². The molecule has 0 aliphatic rings. The van der Waals surface area contributed by atoms with E-state index in [0.29, 0.717) is 12.2 Å². The molecule has 1 unspecified atom stereocenters. The molecule has 0 saturated carbocycles. The van der Waals surface area contributed by atoms with Crippen LogP contribution in [0.2, 0.25) is 0 Å². The first kappa shape index (κ1) is 18.8. The third kappa shape index (κ3) is 4.23. The topological polar surface area (TPSA) is 69.0 Å². The molecule has 27 heavy (non-hydrogen) atoms. The molecule has 3 rings (SSSR count). The minimum Gasteiger partial charge on any atom is -0.382 e. The minimum atomic E-state index is -0.266. The first-order valence-corrected chi connectivity index (χ1v) is 8.82. The number of rotatable bonds is 6. The van der Waals surface area contributed by atoms with Crippen LogP contribution in [0.1, 0.15) is 33.5 Å². The van der Waals surface area contributed by atoms with E-state index >= 15 is 0 Å². The van der Waals surface area contributed by atoms with Crippen molar-refractivity contribution in [1.82, 2.24) is 20.1 Å². The van der Waals surface area contributed by atoms with Crippen LogP contribution < -0.4 is 5.32 Å². The molecule has 0 spiro atoms. The second-order valence-corrected chi connectivity index (χ2v) is 6.52.